The van der Waals surface area contributed by atoms with Gasteiger partial charge in [0.1, 0.15) is 46.0 Å². The van der Waals surface area contributed by atoms with Gasteiger partial charge in [-0.15, -0.1) is 0 Å². The molecule has 0 saturated carbocycles. The maximum Gasteiger partial charge on any atom is 0.266 e. The molecule has 10 heteroatoms. The Morgan fingerprint density at radius 2 is 0.489 bits per heavy atom. The Bertz CT molecular complexity index is 4330. The summed E-state index contributed by atoms with van der Waals surface area (Å²) in [5, 5.41) is 3.50. The van der Waals surface area contributed by atoms with Gasteiger partial charge in [0, 0.05) is 43.1 Å². The van der Waals surface area contributed by atoms with Gasteiger partial charge in [0.15, 0.2) is 0 Å². The molecule has 0 spiro atoms. The van der Waals surface area contributed by atoms with Gasteiger partial charge in [-0.3, -0.25) is 19.2 Å². The standard InChI is InChI=1S/C80H74N2O8/c1-39(2)51-19-17-20-52(40(3)4)75(51)81-77(83)55-35-63(87-59-27-23-43(9)31-47(59)13)69-71-65(89-61-29-25-45(11)33-49(61)15)37-57-68-58(80(86)82(79(57)85)76-53(41(5)6)21-18-22-54(76)42(7)8)38-66(90-62-30-26-46(12)34-50(62)16)72(74(68)71)70-64(36-56(78(81)84)67(55)73(69)70)88-60-28-24-44(10)32-48(60)14/h17-42H,1-16H3. The molecule has 0 atom stereocenters. The molecule has 0 fully saturated rings. The zero-order chi connectivity index (χ0) is 63.8. The molecule has 4 amide bonds. The number of fused-ring (bicyclic) bond motifs is 2. The Morgan fingerprint density at radius 1 is 0.267 bits per heavy atom. The number of carbonyl (C=O) groups is 4. The van der Waals surface area contributed by atoms with Crippen molar-refractivity contribution in [2.45, 2.75) is 134 Å². The van der Waals surface area contributed by atoms with E-state index in [1.54, 1.807) is 24.3 Å². The van der Waals surface area contributed by atoms with Crippen molar-refractivity contribution in [3.05, 3.63) is 222 Å². The largest absolute Gasteiger partial charge is 0.456 e. The highest BCUT2D eigenvalue weighted by molar-refractivity contribution is 6.48. The lowest BCUT2D eigenvalue weighted by molar-refractivity contribution is 0.0877. The van der Waals surface area contributed by atoms with E-state index in [0.717, 1.165) is 66.8 Å². The van der Waals surface area contributed by atoms with Crippen LogP contribution in [0.25, 0.3) is 43.1 Å². The van der Waals surface area contributed by atoms with E-state index >= 15 is 19.2 Å². The van der Waals surface area contributed by atoms with Crippen LogP contribution in [0.4, 0.5) is 11.4 Å². The van der Waals surface area contributed by atoms with Crippen molar-refractivity contribution in [3.8, 4) is 46.0 Å². The molecule has 90 heavy (non-hydrogen) atoms. The number of carbonyl (C=O) groups excluding carboxylic acids is 4. The molecule has 13 rings (SSSR count). The predicted octanol–water partition coefficient (Wildman–Crippen LogP) is 21.5. The molecule has 10 nitrogen and oxygen atoms in total. The molecule has 0 unspecified atom stereocenters. The summed E-state index contributed by atoms with van der Waals surface area (Å²) in [6.07, 6.45) is 0. The van der Waals surface area contributed by atoms with E-state index in [4.69, 9.17) is 18.9 Å². The van der Waals surface area contributed by atoms with Gasteiger partial charge < -0.3 is 18.9 Å². The van der Waals surface area contributed by atoms with Crippen LogP contribution in [0, 0.1) is 55.4 Å². The van der Waals surface area contributed by atoms with E-state index in [0.29, 0.717) is 77.5 Å². The topological polar surface area (TPSA) is 112 Å². The van der Waals surface area contributed by atoms with Crippen molar-refractivity contribution in [2.75, 3.05) is 9.80 Å². The number of benzene rings is 11. The molecule has 0 N–H and O–H groups in total. The highest BCUT2D eigenvalue weighted by Crippen LogP contribution is 2.59. The van der Waals surface area contributed by atoms with Crippen molar-refractivity contribution in [1.82, 2.24) is 0 Å². The Balaban J connectivity index is 1.29. The molecule has 2 heterocycles. The minimum absolute atomic E-state index is 0.0688. The molecule has 11 aromatic rings. The fourth-order valence-corrected chi connectivity index (χ4v) is 13.9. The summed E-state index contributed by atoms with van der Waals surface area (Å²) < 4.78 is 29.7. The van der Waals surface area contributed by atoms with Crippen molar-refractivity contribution >= 4 is 78.1 Å². The highest BCUT2D eigenvalue weighted by atomic mass is 16.5. The van der Waals surface area contributed by atoms with Crippen molar-refractivity contribution in [3.63, 3.8) is 0 Å². The monoisotopic (exact) mass is 1190 g/mol. The fraction of sp³-hybridized carbons (Fsp3) is 0.250. The smallest absolute Gasteiger partial charge is 0.266 e. The molecule has 452 valence electrons. The fourth-order valence-electron chi connectivity index (χ4n) is 13.9. The summed E-state index contributed by atoms with van der Waals surface area (Å²) >= 11 is 0. The zero-order valence-electron chi connectivity index (χ0n) is 54.2. The van der Waals surface area contributed by atoms with E-state index in [1.807, 2.05) is 165 Å². The Kier molecular flexibility index (Phi) is 14.5. The number of ether oxygens (including phenoxy) is 4. The van der Waals surface area contributed by atoms with Crippen LogP contribution < -0.4 is 28.7 Å². The lowest BCUT2D eigenvalue weighted by Gasteiger charge is -2.35. The first kappa shape index (κ1) is 59.2. The Labute approximate surface area is 526 Å². The van der Waals surface area contributed by atoms with Crippen molar-refractivity contribution < 1.29 is 38.1 Å². The van der Waals surface area contributed by atoms with Crippen LogP contribution in [0.15, 0.2) is 133 Å². The highest BCUT2D eigenvalue weighted by Gasteiger charge is 2.44. The molecule has 0 radical (unpaired) electrons. The molecule has 11 aromatic carbocycles. The van der Waals surface area contributed by atoms with Crippen LogP contribution in [-0.4, -0.2) is 23.6 Å². The van der Waals surface area contributed by atoms with E-state index in [-0.39, 0.29) is 68.9 Å². The Morgan fingerprint density at radius 3 is 0.689 bits per heavy atom. The van der Waals surface area contributed by atoms with Gasteiger partial charge in [-0.25, -0.2) is 9.80 Å². The number of para-hydroxylation sites is 2. The average Bonchev–Trinajstić information content (AvgIpc) is 0.672. The third-order valence-electron chi connectivity index (χ3n) is 18.2. The normalized spacial score (nSPS) is 13.3. The van der Waals surface area contributed by atoms with E-state index < -0.39 is 23.6 Å². The quantitative estimate of drug-likeness (QED) is 0.0601. The number of hydrogen-bond donors (Lipinski definition) is 0. The van der Waals surface area contributed by atoms with Gasteiger partial charge in [0.25, 0.3) is 23.6 Å². The molecule has 0 saturated heterocycles. The summed E-state index contributed by atoms with van der Waals surface area (Å²) in [5.41, 5.74) is 12.8. The van der Waals surface area contributed by atoms with Crippen LogP contribution in [0.1, 0.15) is 187 Å². The molecule has 0 aromatic heterocycles. The SMILES string of the molecule is Cc1ccc(Oc2cc3c4c(cc(Oc5ccc(C)cc5C)c5c6c(Oc7ccc(C)cc7C)cc7c8c(cc(Oc9ccc(C)cc9C)c(c2c45)c86)C(=O)N(c2c(C(C)C)cccc2C(C)C)C7=O)C(=O)N(c2c(C(C)C)cccc2C(C)C)C3=O)c(C)c1. The number of imide groups is 2. The van der Waals surface area contributed by atoms with Crippen molar-refractivity contribution in [1.29, 1.82) is 0 Å². The summed E-state index contributed by atoms with van der Waals surface area (Å²) in [6.45, 7) is 32.6. The maximum atomic E-state index is 16.4. The lowest BCUT2D eigenvalue weighted by atomic mass is 9.80. The second kappa shape index (κ2) is 22.1. The lowest BCUT2D eigenvalue weighted by Crippen LogP contribution is -2.42. The maximum absolute atomic E-state index is 16.4. The summed E-state index contributed by atoms with van der Waals surface area (Å²) in [6, 6.07) is 42.9. The van der Waals surface area contributed by atoms with Gasteiger partial charge in [0.2, 0.25) is 0 Å². The number of nitrogens with zero attached hydrogens (tertiary/aromatic N) is 2. The summed E-state index contributed by atoms with van der Waals surface area (Å²) in [5.74, 6) is 0.756. The number of amides is 4. The van der Waals surface area contributed by atoms with Crippen LogP contribution in [0.5, 0.6) is 46.0 Å². The number of rotatable bonds is 14. The van der Waals surface area contributed by atoms with Gasteiger partial charge in [0.05, 0.1) is 33.6 Å². The molecule has 0 aliphatic carbocycles. The minimum atomic E-state index is -0.526. The van der Waals surface area contributed by atoms with Crippen LogP contribution in [0.2, 0.25) is 0 Å². The molecular formula is C80H74N2O8. The first-order valence-corrected chi connectivity index (χ1v) is 31.3. The Hall–Kier alpha value is -9.80. The number of aryl methyl sites for hydroxylation is 8. The van der Waals surface area contributed by atoms with Gasteiger partial charge in [-0.2, -0.15) is 0 Å². The van der Waals surface area contributed by atoms with E-state index in [1.165, 1.54) is 9.80 Å². The minimum Gasteiger partial charge on any atom is -0.456 e. The van der Waals surface area contributed by atoms with E-state index in [2.05, 4.69) is 55.4 Å². The van der Waals surface area contributed by atoms with Crippen LogP contribution in [0.3, 0.4) is 0 Å². The van der Waals surface area contributed by atoms with Gasteiger partial charge >= 0.3 is 0 Å². The van der Waals surface area contributed by atoms with Crippen LogP contribution >= 0.6 is 0 Å². The summed E-state index contributed by atoms with van der Waals surface area (Å²) in [4.78, 5) is 68.4. The number of hydrogen-bond acceptors (Lipinski definition) is 8. The predicted molar refractivity (Wildman–Crippen MR) is 363 cm³/mol. The van der Waals surface area contributed by atoms with Gasteiger partial charge in [-0.05, 0) is 172 Å². The molecule has 2 aliphatic heterocycles. The van der Waals surface area contributed by atoms with E-state index in [9.17, 15) is 0 Å². The van der Waals surface area contributed by atoms with Crippen LogP contribution in [-0.2, 0) is 0 Å². The summed E-state index contributed by atoms with van der Waals surface area (Å²) in [7, 11) is 0. The van der Waals surface area contributed by atoms with Crippen molar-refractivity contribution in [2.24, 2.45) is 0 Å². The third kappa shape index (κ3) is 9.44. The first-order chi connectivity index (χ1) is 42.9. The second-order valence-electron chi connectivity index (χ2n) is 26.3. The third-order valence-corrected chi connectivity index (χ3v) is 18.2. The zero-order valence-corrected chi connectivity index (χ0v) is 54.2. The molecule has 2 aliphatic rings. The number of anilines is 2. The first-order valence-electron chi connectivity index (χ1n) is 31.3. The molecule has 0 bridgehead atoms. The average molecular weight is 1190 g/mol. The molecular weight excluding hydrogens is 1120 g/mol. The van der Waals surface area contributed by atoms with Gasteiger partial charge in [-0.1, -0.05) is 163 Å². The second-order valence-corrected chi connectivity index (χ2v) is 26.3.